The van der Waals surface area contributed by atoms with Crippen LogP contribution in [0.4, 0.5) is 32.4 Å². The minimum absolute atomic E-state index is 0.0581. The molecule has 0 atom stereocenters. The van der Waals surface area contributed by atoms with Crippen molar-refractivity contribution in [2.24, 2.45) is 0 Å². The van der Waals surface area contributed by atoms with E-state index in [4.69, 9.17) is 4.74 Å². The standard InChI is InChI=1S/C15H11F5N2O2/c16-9-2-1-8(7-11(9)18)24-6-5-21-15(23)22-12-4-3-10(17)13(19)14(12)20/h1-4,7H,5-6H2,(H2,21,22,23). The molecule has 0 radical (unpaired) electrons. The Morgan fingerprint density at radius 3 is 2.33 bits per heavy atom. The van der Waals surface area contributed by atoms with Crippen LogP contribution in [0.25, 0.3) is 0 Å². The number of urea groups is 1. The molecule has 0 aliphatic rings. The number of hydrogen-bond donors (Lipinski definition) is 2. The molecule has 24 heavy (non-hydrogen) atoms. The smallest absolute Gasteiger partial charge is 0.319 e. The fraction of sp³-hybridized carbons (Fsp3) is 0.133. The lowest BCUT2D eigenvalue weighted by Crippen LogP contribution is -2.32. The van der Waals surface area contributed by atoms with Gasteiger partial charge < -0.3 is 15.4 Å². The van der Waals surface area contributed by atoms with Crippen molar-refractivity contribution in [1.82, 2.24) is 5.32 Å². The molecule has 2 N–H and O–H groups in total. The van der Waals surface area contributed by atoms with Crippen molar-refractivity contribution in [3.8, 4) is 5.75 Å². The molecule has 2 aromatic carbocycles. The van der Waals surface area contributed by atoms with E-state index in [1.807, 2.05) is 5.32 Å². The molecule has 0 saturated carbocycles. The molecule has 0 heterocycles. The largest absolute Gasteiger partial charge is 0.492 e. The molecular formula is C15H11F5N2O2. The van der Waals surface area contributed by atoms with Gasteiger partial charge in [0.15, 0.2) is 29.1 Å². The number of carbonyl (C=O) groups is 1. The molecule has 0 fully saturated rings. The SMILES string of the molecule is O=C(NCCOc1ccc(F)c(F)c1)Nc1ccc(F)c(F)c1F. The predicted octanol–water partition coefficient (Wildman–Crippen LogP) is 3.58. The van der Waals surface area contributed by atoms with Gasteiger partial charge in [-0.1, -0.05) is 0 Å². The molecule has 0 unspecified atom stereocenters. The number of benzene rings is 2. The third-order valence-electron chi connectivity index (χ3n) is 2.83. The first-order chi connectivity index (χ1) is 11.4. The Labute approximate surface area is 133 Å². The van der Waals surface area contributed by atoms with Gasteiger partial charge in [0.2, 0.25) is 0 Å². The van der Waals surface area contributed by atoms with Crippen molar-refractivity contribution in [1.29, 1.82) is 0 Å². The molecule has 4 nitrogen and oxygen atoms in total. The summed E-state index contributed by atoms with van der Waals surface area (Å²) in [4.78, 5) is 11.5. The van der Waals surface area contributed by atoms with Gasteiger partial charge in [-0.15, -0.1) is 0 Å². The fourth-order valence-corrected chi connectivity index (χ4v) is 1.69. The van der Waals surface area contributed by atoms with Gasteiger partial charge in [0.05, 0.1) is 12.2 Å². The first kappa shape index (κ1) is 17.5. The van der Waals surface area contributed by atoms with E-state index in [0.717, 1.165) is 18.2 Å². The second-order valence-corrected chi connectivity index (χ2v) is 4.53. The van der Waals surface area contributed by atoms with Crippen LogP contribution in [0.5, 0.6) is 5.75 Å². The summed E-state index contributed by atoms with van der Waals surface area (Å²) >= 11 is 0. The molecule has 0 aliphatic heterocycles. The fourth-order valence-electron chi connectivity index (χ4n) is 1.69. The zero-order valence-electron chi connectivity index (χ0n) is 12.0. The third-order valence-corrected chi connectivity index (χ3v) is 2.83. The topological polar surface area (TPSA) is 50.4 Å². The van der Waals surface area contributed by atoms with Gasteiger partial charge in [0.1, 0.15) is 12.4 Å². The van der Waals surface area contributed by atoms with E-state index in [9.17, 15) is 26.7 Å². The lowest BCUT2D eigenvalue weighted by atomic mass is 10.3. The van der Waals surface area contributed by atoms with E-state index < -0.39 is 40.8 Å². The number of hydrogen-bond acceptors (Lipinski definition) is 2. The predicted molar refractivity (Wildman–Crippen MR) is 75.2 cm³/mol. The Bertz CT molecular complexity index is 755. The van der Waals surface area contributed by atoms with E-state index in [-0.39, 0.29) is 18.9 Å². The normalized spacial score (nSPS) is 10.4. The van der Waals surface area contributed by atoms with E-state index in [2.05, 4.69) is 5.32 Å². The van der Waals surface area contributed by atoms with Crippen molar-refractivity contribution >= 4 is 11.7 Å². The molecule has 0 bridgehead atoms. The number of nitrogens with one attached hydrogen (secondary N) is 2. The molecular weight excluding hydrogens is 335 g/mol. The van der Waals surface area contributed by atoms with Crippen molar-refractivity contribution in [2.75, 3.05) is 18.5 Å². The number of anilines is 1. The van der Waals surface area contributed by atoms with Crippen molar-refractivity contribution < 1.29 is 31.5 Å². The second kappa shape index (κ2) is 7.62. The Morgan fingerprint density at radius 2 is 1.62 bits per heavy atom. The van der Waals surface area contributed by atoms with Gasteiger partial charge in [0.25, 0.3) is 0 Å². The summed E-state index contributed by atoms with van der Waals surface area (Å²) in [5.74, 6) is -6.64. The quantitative estimate of drug-likeness (QED) is 0.494. The number of rotatable bonds is 5. The van der Waals surface area contributed by atoms with Gasteiger partial charge in [-0.05, 0) is 24.3 Å². The summed E-state index contributed by atoms with van der Waals surface area (Å²) in [7, 11) is 0. The minimum Gasteiger partial charge on any atom is -0.492 e. The van der Waals surface area contributed by atoms with E-state index in [0.29, 0.717) is 6.07 Å². The van der Waals surface area contributed by atoms with E-state index >= 15 is 0 Å². The Morgan fingerprint density at radius 1 is 0.917 bits per heavy atom. The Balaban J connectivity index is 1.79. The third kappa shape index (κ3) is 4.34. The highest BCUT2D eigenvalue weighted by Gasteiger charge is 2.14. The average Bonchev–Trinajstić information content (AvgIpc) is 2.55. The maximum Gasteiger partial charge on any atom is 0.319 e. The van der Waals surface area contributed by atoms with Crippen LogP contribution in [0.15, 0.2) is 30.3 Å². The first-order valence-electron chi connectivity index (χ1n) is 6.64. The van der Waals surface area contributed by atoms with Crippen LogP contribution < -0.4 is 15.4 Å². The molecule has 9 heteroatoms. The van der Waals surface area contributed by atoms with E-state index in [1.54, 1.807) is 0 Å². The molecule has 0 aliphatic carbocycles. The van der Waals surface area contributed by atoms with Crippen LogP contribution in [0, 0.1) is 29.1 Å². The number of amides is 2. The van der Waals surface area contributed by atoms with Crippen molar-refractivity contribution in [2.45, 2.75) is 0 Å². The molecule has 0 aromatic heterocycles. The second-order valence-electron chi connectivity index (χ2n) is 4.53. The van der Waals surface area contributed by atoms with Crippen LogP contribution in [-0.4, -0.2) is 19.2 Å². The van der Waals surface area contributed by atoms with Crippen LogP contribution in [0.3, 0.4) is 0 Å². The summed E-state index contributed by atoms with van der Waals surface area (Å²) in [6.45, 7) is -0.144. The van der Waals surface area contributed by atoms with Crippen molar-refractivity contribution in [3.05, 3.63) is 59.4 Å². The monoisotopic (exact) mass is 346 g/mol. The summed E-state index contributed by atoms with van der Waals surface area (Å²) in [5, 5.41) is 4.26. The molecule has 2 aromatic rings. The maximum atomic E-state index is 13.4. The lowest BCUT2D eigenvalue weighted by Gasteiger charge is -2.10. The number of ether oxygens (including phenoxy) is 1. The molecule has 2 amide bonds. The summed E-state index contributed by atoms with van der Waals surface area (Å²) in [5.41, 5.74) is -0.534. The molecule has 128 valence electrons. The maximum absolute atomic E-state index is 13.4. The Kier molecular flexibility index (Phi) is 5.56. The van der Waals surface area contributed by atoms with Crippen LogP contribution in [0.2, 0.25) is 0 Å². The van der Waals surface area contributed by atoms with E-state index in [1.165, 1.54) is 6.07 Å². The zero-order valence-corrected chi connectivity index (χ0v) is 12.0. The highest BCUT2D eigenvalue weighted by atomic mass is 19.2. The summed E-state index contributed by atoms with van der Waals surface area (Å²) in [6, 6.07) is 3.58. The summed E-state index contributed by atoms with van der Waals surface area (Å²) in [6.07, 6.45) is 0. The zero-order chi connectivity index (χ0) is 17.7. The molecule has 0 saturated heterocycles. The minimum atomic E-state index is -1.70. The van der Waals surface area contributed by atoms with Gasteiger partial charge in [-0.25, -0.2) is 26.7 Å². The molecule has 0 spiro atoms. The van der Waals surface area contributed by atoms with Crippen LogP contribution >= 0.6 is 0 Å². The van der Waals surface area contributed by atoms with Crippen LogP contribution in [0.1, 0.15) is 0 Å². The number of carbonyl (C=O) groups excluding carboxylic acids is 1. The highest BCUT2D eigenvalue weighted by Crippen LogP contribution is 2.19. The van der Waals surface area contributed by atoms with Gasteiger partial charge in [0, 0.05) is 6.07 Å². The molecule has 2 rings (SSSR count). The van der Waals surface area contributed by atoms with Crippen molar-refractivity contribution in [3.63, 3.8) is 0 Å². The lowest BCUT2D eigenvalue weighted by molar-refractivity contribution is 0.247. The highest BCUT2D eigenvalue weighted by molar-refractivity contribution is 5.89. The first-order valence-corrected chi connectivity index (χ1v) is 6.64. The number of halogens is 5. The van der Waals surface area contributed by atoms with Gasteiger partial charge in [-0.3, -0.25) is 0 Å². The van der Waals surface area contributed by atoms with Gasteiger partial charge in [-0.2, -0.15) is 0 Å². The Hall–Kier alpha value is -2.84. The van der Waals surface area contributed by atoms with Crippen LogP contribution in [-0.2, 0) is 0 Å². The average molecular weight is 346 g/mol. The van der Waals surface area contributed by atoms with Gasteiger partial charge >= 0.3 is 6.03 Å². The summed E-state index contributed by atoms with van der Waals surface area (Å²) < 4.78 is 69.8.